The number of alkyl halides is 2. The summed E-state index contributed by atoms with van der Waals surface area (Å²) in [6.07, 6.45) is 3.49. The van der Waals surface area contributed by atoms with Crippen molar-refractivity contribution in [1.82, 2.24) is 19.6 Å². The van der Waals surface area contributed by atoms with Crippen LogP contribution in [-0.2, 0) is 13.6 Å². The summed E-state index contributed by atoms with van der Waals surface area (Å²) < 4.78 is 32.2. The number of ether oxygens (including phenoxy) is 1. The summed E-state index contributed by atoms with van der Waals surface area (Å²) in [5, 5.41) is 10.7. The standard InChI is InChI=1S/C20H16F2N4O2S/c1-25-8-7-18(24-25)29-16-5-6-17-14(10-16)11-23-26(19(17)27)12-13-3-2-4-15(9-13)28-20(21)22/h2-11,20H,12H2,1H3. The molecule has 148 valence electrons. The first kappa shape index (κ1) is 19.1. The molecule has 0 atom stereocenters. The Kier molecular flexibility index (Phi) is 5.30. The van der Waals surface area contributed by atoms with Gasteiger partial charge in [0.2, 0.25) is 0 Å². The molecule has 4 rings (SSSR count). The van der Waals surface area contributed by atoms with E-state index in [-0.39, 0.29) is 17.9 Å². The van der Waals surface area contributed by atoms with Crippen LogP contribution in [0.3, 0.4) is 0 Å². The molecule has 0 bridgehead atoms. The van der Waals surface area contributed by atoms with Crippen molar-refractivity contribution in [2.75, 3.05) is 0 Å². The zero-order chi connectivity index (χ0) is 20.4. The first-order valence-electron chi connectivity index (χ1n) is 8.69. The smallest absolute Gasteiger partial charge is 0.387 e. The van der Waals surface area contributed by atoms with Crippen LogP contribution in [0.2, 0.25) is 0 Å². The Morgan fingerprint density at radius 2 is 2.03 bits per heavy atom. The molecule has 0 amide bonds. The van der Waals surface area contributed by atoms with Crippen LogP contribution in [0.15, 0.2) is 75.6 Å². The van der Waals surface area contributed by atoms with Crippen molar-refractivity contribution in [3.8, 4) is 5.75 Å². The van der Waals surface area contributed by atoms with Crippen molar-refractivity contribution in [3.05, 3.63) is 76.8 Å². The fraction of sp³-hybridized carbons (Fsp3) is 0.150. The van der Waals surface area contributed by atoms with Gasteiger partial charge < -0.3 is 4.74 Å². The molecule has 0 N–H and O–H groups in total. The van der Waals surface area contributed by atoms with Gasteiger partial charge in [0, 0.05) is 23.5 Å². The quantitative estimate of drug-likeness (QED) is 0.478. The van der Waals surface area contributed by atoms with Gasteiger partial charge in [-0.25, -0.2) is 4.68 Å². The van der Waals surface area contributed by atoms with Gasteiger partial charge in [-0.3, -0.25) is 9.48 Å². The maximum absolute atomic E-state index is 12.8. The van der Waals surface area contributed by atoms with Crippen LogP contribution in [0, 0.1) is 0 Å². The van der Waals surface area contributed by atoms with Crippen LogP contribution < -0.4 is 10.3 Å². The van der Waals surface area contributed by atoms with Crippen molar-refractivity contribution in [3.63, 3.8) is 0 Å². The van der Waals surface area contributed by atoms with E-state index in [1.807, 2.05) is 31.4 Å². The fourth-order valence-electron chi connectivity index (χ4n) is 2.90. The normalized spacial score (nSPS) is 11.3. The molecule has 4 aromatic rings. The second kappa shape index (κ2) is 8.04. The summed E-state index contributed by atoms with van der Waals surface area (Å²) >= 11 is 1.50. The van der Waals surface area contributed by atoms with Gasteiger partial charge in [-0.1, -0.05) is 23.9 Å². The van der Waals surface area contributed by atoms with E-state index >= 15 is 0 Å². The minimum atomic E-state index is -2.90. The van der Waals surface area contributed by atoms with Crippen LogP contribution in [0.1, 0.15) is 5.56 Å². The largest absolute Gasteiger partial charge is 0.435 e. The Balaban J connectivity index is 1.59. The molecule has 6 nitrogen and oxygen atoms in total. The SMILES string of the molecule is Cn1ccc(Sc2ccc3c(=O)n(Cc4cccc(OC(F)F)c4)ncc3c2)n1. The first-order chi connectivity index (χ1) is 14.0. The lowest BCUT2D eigenvalue weighted by atomic mass is 10.2. The molecule has 0 fully saturated rings. The van der Waals surface area contributed by atoms with E-state index < -0.39 is 6.61 Å². The van der Waals surface area contributed by atoms with Gasteiger partial charge in [-0.05, 0) is 42.0 Å². The topological polar surface area (TPSA) is 61.9 Å². The van der Waals surface area contributed by atoms with Gasteiger partial charge in [0.15, 0.2) is 0 Å². The average molecular weight is 414 g/mol. The third kappa shape index (κ3) is 4.45. The van der Waals surface area contributed by atoms with Gasteiger partial charge in [0.25, 0.3) is 5.56 Å². The van der Waals surface area contributed by atoms with Gasteiger partial charge in [-0.15, -0.1) is 0 Å². The van der Waals surface area contributed by atoms with Crippen molar-refractivity contribution in [1.29, 1.82) is 0 Å². The molecule has 0 radical (unpaired) electrons. The molecule has 2 heterocycles. The Morgan fingerprint density at radius 1 is 1.17 bits per heavy atom. The van der Waals surface area contributed by atoms with E-state index in [1.54, 1.807) is 29.1 Å². The molecule has 29 heavy (non-hydrogen) atoms. The first-order valence-corrected chi connectivity index (χ1v) is 9.51. The molecule has 0 aliphatic heterocycles. The highest BCUT2D eigenvalue weighted by Crippen LogP contribution is 2.28. The number of benzene rings is 2. The number of fused-ring (bicyclic) bond motifs is 1. The Morgan fingerprint density at radius 3 is 2.79 bits per heavy atom. The second-order valence-electron chi connectivity index (χ2n) is 6.31. The van der Waals surface area contributed by atoms with Crippen LogP contribution in [0.25, 0.3) is 10.8 Å². The van der Waals surface area contributed by atoms with E-state index in [0.29, 0.717) is 10.9 Å². The third-order valence-corrected chi connectivity index (χ3v) is 5.11. The molecule has 0 saturated heterocycles. The van der Waals surface area contributed by atoms with Crippen LogP contribution >= 0.6 is 11.8 Å². The van der Waals surface area contributed by atoms with E-state index in [2.05, 4.69) is 14.9 Å². The molecule has 2 aromatic carbocycles. The third-order valence-electron chi connectivity index (χ3n) is 4.19. The number of hydrogen-bond donors (Lipinski definition) is 0. The summed E-state index contributed by atoms with van der Waals surface area (Å²) in [6, 6.07) is 13.7. The van der Waals surface area contributed by atoms with Crippen LogP contribution in [0.4, 0.5) is 8.78 Å². The molecular formula is C20H16F2N4O2S. The average Bonchev–Trinajstić information content (AvgIpc) is 3.08. The maximum Gasteiger partial charge on any atom is 0.387 e. The summed E-state index contributed by atoms with van der Waals surface area (Å²) in [6.45, 7) is -2.75. The van der Waals surface area contributed by atoms with Crippen LogP contribution in [0.5, 0.6) is 5.75 Å². The van der Waals surface area contributed by atoms with E-state index in [4.69, 9.17) is 0 Å². The summed E-state index contributed by atoms with van der Waals surface area (Å²) in [7, 11) is 1.85. The van der Waals surface area contributed by atoms with Gasteiger partial charge in [0.1, 0.15) is 10.8 Å². The van der Waals surface area contributed by atoms with Gasteiger partial charge in [-0.2, -0.15) is 19.0 Å². The zero-order valence-electron chi connectivity index (χ0n) is 15.3. The van der Waals surface area contributed by atoms with E-state index in [1.165, 1.54) is 28.6 Å². The summed E-state index contributed by atoms with van der Waals surface area (Å²) in [5.74, 6) is 0.0440. The highest BCUT2D eigenvalue weighted by molar-refractivity contribution is 7.99. The van der Waals surface area contributed by atoms with Crippen molar-refractivity contribution in [2.24, 2.45) is 7.05 Å². The molecule has 0 spiro atoms. The number of rotatable bonds is 6. The predicted molar refractivity (Wildman–Crippen MR) is 106 cm³/mol. The van der Waals surface area contributed by atoms with Crippen molar-refractivity contribution < 1.29 is 13.5 Å². The minimum absolute atomic E-state index is 0.0440. The summed E-state index contributed by atoms with van der Waals surface area (Å²) in [5.41, 5.74) is 0.386. The highest BCUT2D eigenvalue weighted by Gasteiger charge is 2.09. The minimum Gasteiger partial charge on any atom is -0.435 e. The zero-order valence-corrected chi connectivity index (χ0v) is 16.1. The number of nitrogens with zero attached hydrogens (tertiary/aromatic N) is 4. The molecule has 0 saturated carbocycles. The molecular weight excluding hydrogens is 398 g/mol. The predicted octanol–water partition coefficient (Wildman–Crippen LogP) is 3.93. The maximum atomic E-state index is 12.8. The Hall–Kier alpha value is -3.20. The number of halogens is 2. The van der Waals surface area contributed by atoms with Gasteiger partial charge >= 0.3 is 6.61 Å². The highest BCUT2D eigenvalue weighted by atomic mass is 32.2. The lowest BCUT2D eigenvalue weighted by Crippen LogP contribution is -2.23. The van der Waals surface area contributed by atoms with Crippen molar-refractivity contribution in [2.45, 2.75) is 23.1 Å². The summed E-state index contributed by atoms with van der Waals surface area (Å²) in [4.78, 5) is 13.7. The lowest BCUT2D eigenvalue weighted by molar-refractivity contribution is -0.0498. The van der Waals surface area contributed by atoms with E-state index in [0.717, 1.165) is 15.3 Å². The molecule has 2 aromatic heterocycles. The number of hydrogen-bond acceptors (Lipinski definition) is 5. The lowest BCUT2D eigenvalue weighted by Gasteiger charge is -2.09. The molecule has 9 heteroatoms. The fourth-order valence-corrected chi connectivity index (χ4v) is 3.77. The Bertz CT molecular complexity index is 1220. The Labute approximate surface area is 168 Å². The number of aryl methyl sites for hydroxylation is 1. The molecule has 0 aliphatic rings. The molecule has 0 aliphatic carbocycles. The van der Waals surface area contributed by atoms with Gasteiger partial charge in [0.05, 0.1) is 18.1 Å². The monoisotopic (exact) mass is 414 g/mol. The second-order valence-corrected chi connectivity index (χ2v) is 7.41. The van der Waals surface area contributed by atoms with Crippen molar-refractivity contribution >= 4 is 22.5 Å². The number of aromatic nitrogens is 4. The molecule has 0 unspecified atom stereocenters. The van der Waals surface area contributed by atoms with Crippen LogP contribution in [-0.4, -0.2) is 26.2 Å². The van der Waals surface area contributed by atoms with E-state index in [9.17, 15) is 13.6 Å².